The summed E-state index contributed by atoms with van der Waals surface area (Å²) in [6.07, 6.45) is 0. The van der Waals surface area contributed by atoms with Gasteiger partial charge in [-0.3, -0.25) is 4.90 Å². The predicted molar refractivity (Wildman–Crippen MR) is 63.1 cm³/mol. The quantitative estimate of drug-likeness (QED) is 0.474. The van der Waals surface area contributed by atoms with Crippen LogP contribution in [0.25, 0.3) is 0 Å². The van der Waals surface area contributed by atoms with Crippen LogP contribution >= 0.6 is 12.6 Å². The van der Waals surface area contributed by atoms with Crippen molar-refractivity contribution in [2.75, 3.05) is 38.6 Å². The van der Waals surface area contributed by atoms with Gasteiger partial charge in [0, 0.05) is 18.8 Å². The molecule has 0 saturated heterocycles. The van der Waals surface area contributed by atoms with Gasteiger partial charge in [0.05, 0.1) is 18.8 Å². The third-order valence-electron chi connectivity index (χ3n) is 1.85. The van der Waals surface area contributed by atoms with Gasteiger partial charge in [0.2, 0.25) is 0 Å². The molecule has 1 N–H and O–H groups in total. The molecule has 0 atom stereocenters. The van der Waals surface area contributed by atoms with E-state index < -0.39 is 5.60 Å². The SMILES string of the molecule is CCN(CCOCCS)CC(C)(C)O. The highest BCUT2D eigenvalue weighted by Gasteiger charge is 2.16. The second kappa shape index (κ2) is 7.51. The Kier molecular flexibility index (Phi) is 7.64. The molecule has 0 aromatic heterocycles. The van der Waals surface area contributed by atoms with Crippen molar-refractivity contribution in [2.24, 2.45) is 0 Å². The highest BCUT2D eigenvalue weighted by molar-refractivity contribution is 7.80. The van der Waals surface area contributed by atoms with Crippen molar-refractivity contribution in [3.8, 4) is 0 Å². The maximum Gasteiger partial charge on any atom is 0.0718 e. The topological polar surface area (TPSA) is 32.7 Å². The zero-order valence-electron chi connectivity index (χ0n) is 9.49. The molecule has 0 unspecified atom stereocenters. The number of rotatable bonds is 8. The van der Waals surface area contributed by atoms with Crippen LogP contribution in [0.4, 0.5) is 0 Å². The average molecular weight is 221 g/mol. The molecule has 86 valence electrons. The Bertz CT molecular complexity index is 137. The molecule has 0 aromatic rings. The van der Waals surface area contributed by atoms with Gasteiger partial charge in [-0.25, -0.2) is 0 Å². The van der Waals surface area contributed by atoms with Crippen LogP contribution in [0, 0.1) is 0 Å². The summed E-state index contributed by atoms with van der Waals surface area (Å²) in [5.74, 6) is 0.762. The zero-order valence-corrected chi connectivity index (χ0v) is 10.4. The van der Waals surface area contributed by atoms with Crippen LogP contribution < -0.4 is 0 Å². The number of nitrogens with zero attached hydrogens (tertiary/aromatic N) is 1. The number of likely N-dealkylation sites (N-methyl/N-ethyl adjacent to an activating group) is 1. The first-order valence-electron chi connectivity index (χ1n) is 5.13. The van der Waals surface area contributed by atoms with Gasteiger partial charge in [0.1, 0.15) is 0 Å². The van der Waals surface area contributed by atoms with E-state index in [0.717, 1.165) is 18.8 Å². The van der Waals surface area contributed by atoms with E-state index in [2.05, 4.69) is 24.5 Å². The number of ether oxygens (including phenoxy) is 1. The summed E-state index contributed by atoms with van der Waals surface area (Å²) in [5, 5.41) is 9.63. The van der Waals surface area contributed by atoms with E-state index in [4.69, 9.17) is 4.74 Å². The summed E-state index contributed by atoms with van der Waals surface area (Å²) in [7, 11) is 0. The van der Waals surface area contributed by atoms with E-state index in [1.54, 1.807) is 0 Å². The minimum atomic E-state index is -0.625. The van der Waals surface area contributed by atoms with Gasteiger partial charge in [-0.2, -0.15) is 12.6 Å². The fraction of sp³-hybridized carbons (Fsp3) is 1.00. The van der Waals surface area contributed by atoms with Gasteiger partial charge in [-0.05, 0) is 20.4 Å². The van der Waals surface area contributed by atoms with Gasteiger partial charge in [0.15, 0.2) is 0 Å². The Morgan fingerprint density at radius 1 is 1.36 bits per heavy atom. The van der Waals surface area contributed by atoms with Crippen molar-refractivity contribution in [1.29, 1.82) is 0 Å². The maximum atomic E-state index is 9.63. The molecule has 0 aromatic carbocycles. The van der Waals surface area contributed by atoms with Gasteiger partial charge in [-0.15, -0.1) is 0 Å². The highest BCUT2D eigenvalue weighted by Crippen LogP contribution is 2.04. The molecule has 0 rings (SSSR count). The van der Waals surface area contributed by atoms with Crippen molar-refractivity contribution < 1.29 is 9.84 Å². The Morgan fingerprint density at radius 2 is 2.00 bits per heavy atom. The lowest BCUT2D eigenvalue weighted by Crippen LogP contribution is -2.40. The standard InChI is InChI=1S/C10H23NO2S/c1-4-11(9-10(2,3)12)5-6-13-7-8-14/h12,14H,4-9H2,1-3H3. The van der Waals surface area contributed by atoms with Gasteiger partial charge < -0.3 is 9.84 Å². The zero-order chi connectivity index (χ0) is 11.0. The van der Waals surface area contributed by atoms with Crippen LogP contribution in [0.1, 0.15) is 20.8 Å². The highest BCUT2D eigenvalue weighted by atomic mass is 32.1. The number of aliphatic hydroxyl groups is 1. The summed E-state index contributed by atoms with van der Waals surface area (Å²) in [5.41, 5.74) is -0.625. The molecular weight excluding hydrogens is 198 g/mol. The first kappa shape index (κ1) is 14.2. The van der Waals surface area contributed by atoms with Crippen LogP contribution in [0.2, 0.25) is 0 Å². The lowest BCUT2D eigenvalue weighted by Gasteiger charge is -2.27. The molecule has 0 radical (unpaired) electrons. The lowest BCUT2D eigenvalue weighted by molar-refractivity contribution is 0.0263. The summed E-state index contributed by atoms with van der Waals surface area (Å²) < 4.78 is 5.33. The van der Waals surface area contributed by atoms with E-state index in [9.17, 15) is 5.11 Å². The van der Waals surface area contributed by atoms with E-state index in [0.29, 0.717) is 19.8 Å². The fourth-order valence-electron chi connectivity index (χ4n) is 1.26. The van der Waals surface area contributed by atoms with Crippen molar-refractivity contribution >= 4 is 12.6 Å². The van der Waals surface area contributed by atoms with Gasteiger partial charge in [-0.1, -0.05) is 6.92 Å². The third-order valence-corrected chi connectivity index (χ3v) is 2.03. The number of thiol groups is 1. The predicted octanol–water partition coefficient (Wildman–Crippen LogP) is 1.03. The first-order valence-corrected chi connectivity index (χ1v) is 5.76. The third kappa shape index (κ3) is 8.81. The molecule has 0 aliphatic heterocycles. The van der Waals surface area contributed by atoms with Crippen LogP contribution in [-0.4, -0.2) is 54.2 Å². The fourth-order valence-corrected chi connectivity index (χ4v) is 1.39. The normalized spacial score (nSPS) is 12.4. The molecule has 4 heteroatoms. The van der Waals surface area contributed by atoms with Crippen molar-refractivity contribution in [2.45, 2.75) is 26.4 Å². The molecule has 0 saturated carbocycles. The smallest absolute Gasteiger partial charge is 0.0718 e. The average Bonchev–Trinajstić information content (AvgIpc) is 2.08. The van der Waals surface area contributed by atoms with E-state index >= 15 is 0 Å². The molecule has 0 spiro atoms. The Labute approximate surface area is 92.8 Å². The molecule has 0 aliphatic rings. The monoisotopic (exact) mass is 221 g/mol. The summed E-state index contributed by atoms with van der Waals surface area (Å²) in [6, 6.07) is 0. The Hall–Kier alpha value is 0.230. The Balaban J connectivity index is 3.58. The van der Waals surface area contributed by atoms with E-state index in [1.165, 1.54) is 0 Å². The van der Waals surface area contributed by atoms with E-state index in [1.807, 2.05) is 13.8 Å². The Morgan fingerprint density at radius 3 is 2.43 bits per heavy atom. The molecule has 0 bridgehead atoms. The minimum absolute atomic E-state index is 0.625. The minimum Gasteiger partial charge on any atom is -0.389 e. The molecule has 14 heavy (non-hydrogen) atoms. The largest absolute Gasteiger partial charge is 0.389 e. The first-order chi connectivity index (χ1) is 6.49. The van der Waals surface area contributed by atoms with Crippen LogP contribution in [0.5, 0.6) is 0 Å². The number of hydrogen-bond acceptors (Lipinski definition) is 4. The molecule has 0 heterocycles. The van der Waals surface area contributed by atoms with Crippen molar-refractivity contribution in [1.82, 2.24) is 4.90 Å². The van der Waals surface area contributed by atoms with Crippen molar-refractivity contribution in [3.05, 3.63) is 0 Å². The van der Waals surface area contributed by atoms with Crippen molar-refractivity contribution in [3.63, 3.8) is 0 Å². The molecule has 3 nitrogen and oxygen atoms in total. The molecule has 0 fully saturated rings. The summed E-state index contributed by atoms with van der Waals surface area (Å²) >= 11 is 4.06. The second-order valence-corrected chi connectivity index (χ2v) is 4.46. The van der Waals surface area contributed by atoms with E-state index in [-0.39, 0.29) is 0 Å². The number of hydrogen-bond donors (Lipinski definition) is 2. The molecular formula is C10H23NO2S. The maximum absolute atomic E-state index is 9.63. The second-order valence-electron chi connectivity index (χ2n) is 4.02. The lowest BCUT2D eigenvalue weighted by atomic mass is 10.1. The van der Waals surface area contributed by atoms with Gasteiger partial charge >= 0.3 is 0 Å². The van der Waals surface area contributed by atoms with Crippen LogP contribution in [-0.2, 0) is 4.74 Å². The van der Waals surface area contributed by atoms with Crippen LogP contribution in [0.15, 0.2) is 0 Å². The summed E-state index contributed by atoms with van der Waals surface area (Å²) in [4.78, 5) is 2.18. The molecule has 0 aliphatic carbocycles. The molecule has 0 amide bonds. The van der Waals surface area contributed by atoms with Gasteiger partial charge in [0.25, 0.3) is 0 Å². The summed E-state index contributed by atoms with van der Waals surface area (Å²) in [6.45, 7) is 9.64. The van der Waals surface area contributed by atoms with Crippen LogP contribution in [0.3, 0.4) is 0 Å².